The molecule has 0 saturated heterocycles. The third kappa shape index (κ3) is 2.11. The first-order chi connectivity index (χ1) is 9.65. The summed E-state index contributed by atoms with van der Waals surface area (Å²) < 4.78 is 0. The van der Waals surface area contributed by atoms with E-state index in [1.807, 2.05) is 6.07 Å². The van der Waals surface area contributed by atoms with Crippen LogP contribution in [0.5, 0.6) is 0 Å². The molecule has 0 saturated carbocycles. The van der Waals surface area contributed by atoms with Crippen molar-refractivity contribution >= 4 is 22.5 Å². The Morgan fingerprint density at radius 2 is 2.25 bits per heavy atom. The number of anilines is 1. The maximum absolute atomic E-state index is 12.5. The molecule has 1 amide bonds. The second-order valence-electron chi connectivity index (χ2n) is 4.70. The molecule has 0 spiro atoms. The Kier molecular flexibility index (Phi) is 2.90. The van der Waals surface area contributed by atoms with Crippen molar-refractivity contribution in [3.8, 4) is 0 Å². The van der Waals surface area contributed by atoms with Crippen molar-refractivity contribution in [2.24, 2.45) is 0 Å². The minimum absolute atomic E-state index is 0.0711. The Morgan fingerprint density at radius 1 is 1.40 bits per heavy atom. The molecule has 2 heterocycles. The van der Waals surface area contributed by atoms with E-state index in [2.05, 4.69) is 15.0 Å². The van der Waals surface area contributed by atoms with Crippen LogP contribution in [-0.2, 0) is 6.54 Å². The summed E-state index contributed by atoms with van der Waals surface area (Å²) in [4.78, 5) is 24.3. The summed E-state index contributed by atoms with van der Waals surface area (Å²) in [5, 5.41) is 0.835. The number of hydrogen-bond donors (Lipinski definition) is 3. The van der Waals surface area contributed by atoms with Gasteiger partial charge in [-0.25, -0.2) is 4.98 Å². The lowest BCUT2D eigenvalue weighted by atomic mass is 10.1. The highest BCUT2D eigenvalue weighted by atomic mass is 16.2. The lowest BCUT2D eigenvalue weighted by Gasteiger charge is -2.15. The highest BCUT2D eigenvalue weighted by molar-refractivity contribution is 6.07. The van der Waals surface area contributed by atoms with Gasteiger partial charge in [0.25, 0.3) is 5.91 Å². The van der Waals surface area contributed by atoms with Gasteiger partial charge in [-0.15, -0.1) is 0 Å². The number of nitrogens with zero attached hydrogens (tertiary/aromatic N) is 2. The fraction of sp³-hybridized carbons (Fsp3) is 0.143. The van der Waals surface area contributed by atoms with E-state index in [0.29, 0.717) is 17.8 Å². The van der Waals surface area contributed by atoms with Crippen LogP contribution in [0.2, 0.25) is 0 Å². The van der Waals surface area contributed by atoms with Gasteiger partial charge >= 0.3 is 0 Å². The van der Waals surface area contributed by atoms with Gasteiger partial charge in [0.2, 0.25) is 0 Å². The molecule has 1 aromatic carbocycles. The first kappa shape index (κ1) is 12.3. The van der Waals surface area contributed by atoms with E-state index in [0.717, 1.165) is 16.7 Å². The Labute approximate surface area is 115 Å². The van der Waals surface area contributed by atoms with Crippen LogP contribution in [0, 0.1) is 0 Å². The predicted octanol–water partition coefficient (Wildman–Crippen LogP) is 1.75. The van der Waals surface area contributed by atoms with Crippen LogP contribution in [-0.4, -0.2) is 32.8 Å². The number of nitrogens with one attached hydrogen (secondary N) is 2. The fourth-order valence-corrected chi connectivity index (χ4v) is 2.20. The van der Waals surface area contributed by atoms with Crippen LogP contribution >= 0.6 is 0 Å². The molecule has 4 N–H and O–H groups in total. The van der Waals surface area contributed by atoms with E-state index in [1.165, 1.54) is 0 Å². The first-order valence-electron chi connectivity index (χ1n) is 6.25. The molecule has 0 fully saturated rings. The zero-order valence-corrected chi connectivity index (χ0v) is 11.1. The van der Waals surface area contributed by atoms with Gasteiger partial charge in [-0.1, -0.05) is 0 Å². The number of carbonyl (C=O) groups excluding carboxylic acids is 1. The van der Waals surface area contributed by atoms with Gasteiger partial charge in [-0.2, -0.15) is 0 Å². The van der Waals surface area contributed by atoms with E-state index in [9.17, 15) is 4.79 Å². The zero-order chi connectivity index (χ0) is 14.1. The number of aromatic nitrogens is 3. The van der Waals surface area contributed by atoms with Crippen molar-refractivity contribution in [2.45, 2.75) is 6.54 Å². The van der Waals surface area contributed by atoms with Crippen molar-refractivity contribution < 1.29 is 4.79 Å². The monoisotopic (exact) mass is 269 g/mol. The minimum Gasteiger partial charge on any atom is -0.399 e. The Balaban J connectivity index is 1.90. The minimum atomic E-state index is -0.0711. The number of carbonyl (C=O) groups is 1. The normalized spacial score (nSPS) is 10.8. The smallest absolute Gasteiger partial charge is 0.256 e. The number of hydrogen-bond acceptors (Lipinski definition) is 3. The number of rotatable bonds is 3. The van der Waals surface area contributed by atoms with Gasteiger partial charge in [0, 0.05) is 42.2 Å². The van der Waals surface area contributed by atoms with Crippen molar-refractivity contribution in [3.63, 3.8) is 0 Å². The van der Waals surface area contributed by atoms with Crippen molar-refractivity contribution in [2.75, 3.05) is 12.8 Å². The van der Waals surface area contributed by atoms with Crippen LogP contribution in [0.4, 0.5) is 5.69 Å². The SMILES string of the molecule is CN(Cc1ncc[nH]1)C(=O)c1c[nH]c2ccc(N)cc12. The molecular weight excluding hydrogens is 254 g/mol. The predicted molar refractivity (Wildman–Crippen MR) is 77.1 cm³/mol. The molecule has 102 valence electrons. The molecule has 0 radical (unpaired) electrons. The summed E-state index contributed by atoms with van der Waals surface area (Å²) >= 11 is 0. The summed E-state index contributed by atoms with van der Waals surface area (Å²) in [5.41, 5.74) is 7.93. The Hall–Kier alpha value is -2.76. The molecular formula is C14H15N5O. The van der Waals surface area contributed by atoms with Crippen LogP contribution in [0.1, 0.15) is 16.2 Å². The second-order valence-corrected chi connectivity index (χ2v) is 4.70. The highest BCUT2D eigenvalue weighted by Gasteiger charge is 2.17. The second kappa shape index (κ2) is 4.73. The van der Waals surface area contributed by atoms with Gasteiger partial charge in [-0.3, -0.25) is 4.79 Å². The maximum atomic E-state index is 12.5. The molecule has 2 aromatic heterocycles. The van der Waals surface area contributed by atoms with E-state index in [4.69, 9.17) is 5.73 Å². The van der Waals surface area contributed by atoms with Crippen molar-refractivity contribution in [1.29, 1.82) is 0 Å². The van der Waals surface area contributed by atoms with Crippen LogP contribution in [0.15, 0.2) is 36.8 Å². The third-order valence-corrected chi connectivity index (χ3v) is 3.22. The summed E-state index contributed by atoms with van der Waals surface area (Å²) in [7, 11) is 1.75. The molecule has 0 aliphatic heterocycles. The number of aromatic amines is 2. The standard InChI is InChI=1S/C14H15N5O/c1-19(8-13-16-4-5-17-13)14(20)11-7-18-12-3-2-9(15)6-10(11)12/h2-7,18H,8,15H2,1H3,(H,16,17). The topological polar surface area (TPSA) is 90.8 Å². The quantitative estimate of drug-likeness (QED) is 0.632. The summed E-state index contributed by atoms with van der Waals surface area (Å²) in [6.45, 7) is 0.431. The fourth-order valence-electron chi connectivity index (χ4n) is 2.20. The number of benzene rings is 1. The number of imidazole rings is 1. The van der Waals surface area contributed by atoms with Crippen LogP contribution in [0.3, 0.4) is 0 Å². The number of fused-ring (bicyclic) bond motifs is 1. The first-order valence-corrected chi connectivity index (χ1v) is 6.25. The lowest BCUT2D eigenvalue weighted by Crippen LogP contribution is -2.26. The average molecular weight is 269 g/mol. The van der Waals surface area contributed by atoms with Gasteiger partial charge in [0.1, 0.15) is 5.82 Å². The molecule has 3 rings (SSSR count). The van der Waals surface area contributed by atoms with Gasteiger partial charge in [-0.05, 0) is 18.2 Å². The Bertz CT molecular complexity index is 744. The number of amides is 1. The zero-order valence-electron chi connectivity index (χ0n) is 11.1. The number of nitrogens with two attached hydrogens (primary N) is 1. The third-order valence-electron chi connectivity index (χ3n) is 3.22. The number of H-pyrrole nitrogens is 2. The van der Waals surface area contributed by atoms with E-state index >= 15 is 0 Å². The summed E-state index contributed by atoms with van der Waals surface area (Å²) in [5.74, 6) is 0.679. The molecule has 20 heavy (non-hydrogen) atoms. The summed E-state index contributed by atoms with van der Waals surface area (Å²) in [6.07, 6.45) is 5.12. The van der Waals surface area contributed by atoms with E-state index < -0.39 is 0 Å². The molecule has 0 bridgehead atoms. The molecule has 3 aromatic rings. The number of nitrogen functional groups attached to an aromatic ring is 1. The average Bonchev–Trinajstić information content (AvgIpc) is 3.06. The molecule has 0 unspecified atom stereocenters. The molecule has 6 heteroatoms. The van der Waals surface area contributed by atoms with Gasteiger partial charge in [0.15, 0.2) is 0 Å². The van der Waals surface area contributed by atoms with E-state index in [1.54, 1.807) is 42.7 Å². The highest BCUT2D eigenvalue weighted by Crippen LogP contribution is 2.22. The summed E-state index contributed by atoms with van der Waals surface area (Å²) in [6, 6.07) is 5.48. The van der Waals surface area contributed by atoms with Crippen molar-refractivity contribution in [3.05, 3.63) is 48.2 Å². The molecule has 0 aliphatic rings. The molecule has 6 nitrogen and oxygen atoms in total. The lowest BCUT2D eigenvalue weighted by molar-refractivity contribution is 0.0784. The molecule has 0 atom stereocenters. The van der Waals surface area contributed by atoms with Gasteiger partial charge < -0.3 is 20.6 Å². The maximum Gasteiger partial charge on any atom is 0.256 e. The largest absolute Gasteiger partial charge is 0.399 e. The molecule has 0 aliphatic carbocycles. The van der Waals surface area contributed by atoms with Gasteiger partial charge in [0.05, 0.1) is 12.1 Å². The Morgan fingerprint density at radius 3 is 3.00 bits per heavy atom. The van der Waals surface area contributed by atoms with Crippen molar-refractivity contribution in [1.82, 2.24) is 19.9 Å². The van der Waals surface area contributed by atoms with Crippen LogP contribution < -0.4 is 5.73 Å². The van der Waals surface area contributed by atoms with Crippen LogP contribution in [0.25, 0.3) is 10.9 Å². The van der Waals surface area contributed by atoms with E-state index in [-0.39, 0.29) is 5.91 Å².